The second kappa shape index (κ2) is 7.17. The van der Waals surface area contributed by atoms with Gasteiger partial charge in [-0.05, 0) is 38.7 Å². The molecule has 3 rings (SSSR count). The molecule has 0 radical (unpaired) electrons. The summed E-state index contributed by atoms with van der Waals surface area (Å²) in [6.45, 7) is 2.16. The van der Waals surface area contributed by atoms with Crippen molar-refractivity contribution in [3.8, 4) is 22.9 Å². The van der Waals surface area contributed by atoms with Gasteiger partial charge in [0.05, 0.1) is 19.7 Å². The highest BCUT2D eigenvalue weighted by molar-refractivity contribution is 5.92. The molecule has 0 aliphatic rings. The van der Waals surface area contributed by atoms with Crippen LogP contribution in [0.15, 0.2) is 36.4 Å². The Kier molecular flexibility index (Phi) is 4.95. The summed E-state index contributed by atoms with van der Waals surface area (Å²) in [7, 11) is 7.30. The summed E-state index contributed by atoms with van der Waals surface area (Å²) < 4.78 is 10.7. The van der Waals surface area contributed by atoms with E-state index in [1.165, 1.54) is 5.56 Å². The first-order chi connectivity index (χ1) is 12.4. The fourth-order valence-corrected chi connectivity index (χ4v) is 2.84. The van der Waals surface area contributed by atoms with Crippen LogP contribution in [0.4, 0.5) is 5.82 Å². The molecule has 6 nitrogen and oxygen atoms in total. The number of hydrogen-bond donors (Lipinski definition) is 1. The Morgan fingerprint density at radius 3 is 2.35 bits per heavy atom. The van der Waals surface area contributed by atoms with E-state index in [-0.39, 0.29) is 6.04 Å². The maximum atomic E-state index is 6.20. The van der Waals surface area contributed by atoms with Gasteiger partial charge in [0.2, 0.25) is 0 Å². The Hall–Kier alpha value is -2.86. The van der Waals surface area contributed by atoms with Crippen LogP contribution in [0.2, 0.25) is 0 Å². The molecule has 0 amide bonds. The van der Waals surface area contributed by atoms with Crippen molar-refractivity contribution in [3.05, 3.63) is 42.0 Å². The first kappa shape index (κ1) is 17.9. The van der Waals surface area contributed by atoms with E-state index in [4.69, 9.17) is 20.2 Å². The van der Waals surface area contributed by atoms with Crippen LogP contribution >= 0.6 is 0 Å². The maximum absolute atomic E-state index is 6.20. The van der Waals surface area contributed by atoms with Crippen molar-refractivity contribution >= 4 is 16.7 Å². The van der Waals surface area contributed by atoms with Gasteiger partial charge >= 0.3 is 0 Å². The predicted molar refractivity (Wildman–Crippen MR) is 105 cm³/mol. The second-order valence-corrected chi connectivity index (χ2v) is 6.42. The van der Waals surface area contributed by atoms with Crippen molar-refractivity contribution in [1.82, 2.24) is 14.9 Å². The largest absolute Gasteiger partial charge is 0.493 e. The normalized spacial score (nSPS) is 12.4. The number of nitrogen functional groups attached to an aromatic ring is 1. The van der Waals surface area contributed by atoms with Crippen molar-refractivity contribution < 1.29 is 9.47 Å². The van der Waals surface area contributed by atoms with Gasteiger partial charge in [-0.1, -0.05) is 18.2 Å². The van der Waals surface area contributed by atoms with Crippen LogP contribution in [0.5, 0.6) is 11.5 Å². The molecule has 0 spiro atoms. The lowest BCUT2D eigenvalue weighted by Crippen LogP contribution is -2.16. The maximum Gasteiger partial charge on any atom is 0.162 e. The number of hydrogen-bond acceptors (Lipinski definition) is 6. The number of rotatable bonds is 5. The van der Waals surface area contributed by atoms with Gasteiger partial charge in [-0.3, -0.25) is 0 Å². The van der Waals surface area contributed by atoms with Crippen molar-refractivity contribution in [1.29, 1.82) is 0 Å². The van der Waals surface area contributed by atoms with Crippen LogP contribution in [0, 0.1) is 0 Å². The molecule has 3 aromatic rings. The summed E-state index contributed by atoms with van der Waals surface area (Å²) in [6.07, 6.45) is 0. The van der Waals surface area contributed by atoms with Crippen molar-refractivity contribution in [3.63, 3.8) is 0 Å². The molecule has 26 heavy (non-hydrogen) atoms. The highest BCUT2D eigenvalue weighted by atomic mass is 16.5. The van der Waals surface area contributed by atoms with Gasteiger partial charge in [0, 0.05) is 23.1 Å². The highest BCUT2D eigenvalue weighted by Gasteiger charge is 2.14. The molecular weight excluding hydrogens is 328 g/mol. The topological polar surface area (TPSA) is 73.5 Å². The summed E-state index contributed by atoms with van der Waals surface area (Å²) in [5.74, 6) is 2.22. The second-order valence-electron chi connectivity index (χ2n) is 6.42. The lowest BCUT2D eigenvalue weighted by Gasteiger charge is -2.20. The smallest absolute Gasteiger partial charge is 0.162 e. The zero-order valence-electron chi connectivity index (χ0n) is 15.8. The van der Waals surface area contributed by atoms with Gasteiger partial charge in [0.1, 0.15) is 5.82 Å². The molecular formula is C20H24N4O2. The van der Waals surface area contributed by atoms with E-state index < -0.39 is 0 Å². The summed E-state index contributed by atoms with van der Waals surface area (Å²) in [5.41, 5.74) is 9.05. The molecule has 0 aliphatic heterocycles. The van der Waals surface area contributed by atoms with Crippen molar-refractivity contribution in [2.24, 2.45) is 0 Å². The minimum absolute atomic E-state index is 0.289. The molecule has 0 bridgehead atoms. The number of nitrogens with zero attached hydrogens (tertiary/aromatic N) is 3. The van der Waals surface area contributed by atoms with Crippen LogP contribution in [0.3, 0.4) is 0 Å². The molecule has 1 atom stereocenters. The predicted octanol–water partition coefficient (Wildman–Crippen LogP) is 3.52. The molecule has 0 aliphatic carbocycles. The first-order valence-electron chi connectivity index (χ1n) is 8.40. The van der Waals surface area contributed by atoms with Crippen LogP contribution in [-0.4, -0.2) is 43.2 Å². The molecule has 0 fully saturated rings. The number of ether oxygens (including phenoxy) is 2. The standard InChI is InChI=1S/C20H24N4O2/c1-12(24(2)3)13-7-6-8-14(9-13)20-22-16-11-18(26-5)17(25-4)10-15(16)19(21)23-20/h6-12H,1-5H3,(H2,21,22,23)/t12-/m0/s1. The lowest BCUT2D eigenvalue weighted by atomic mass is 10.0. The molecule has 2 N–H and O–H groups in total. The number of nitrogens with two attached hydrogens (primary N) is 1. The molecule has 1 heterocycles. The van der Waals surface area contributed by atoms with E-state index >= 15 is 0 Å². The van der Waals surface area contributed by atoms with Crippen LogP contribution in [0.25, 0.3) is 22.3 Å². The Bertz CT molecular complexity index is 940. The summed E-state index contributed by atoms with van der Waals surface area (Å²) in [4.78, 5) is 11.4. The summed E-state index contributed by atoms with van der Waals surface area (Å²) in [5, 5.41) is 0.740. The van der Waals surface area contributed by atoms with Crippen LogP contribution < -0.4 is 15.2 Å². The number of anilines is 1. The van der Waals surface area contributed by atoms with E-state index in [0.717, 1.165) is 16.5 Å². The Labute approximate surface area is 153 Å². The number of fused-ring (bicyclic) bond motifs is 1. The third-order valence-electron chi connectivity index (χ3n) is 4.63. The molecule has 2 aromatic carbocycles. The first-order valence-corrected chi connectivity index (χ1v) is 8.40. The molecule has 136 valence electrons. The lowest BCUT2D eigenvalue weighted by molar-refractivity contribution is 0.321. The van der Waals surface area contributed by atoms with Gasteiger partial charge in [0.25, 0.3) is 0 Å². The van der Waals surface area contributed by atoms with Crippen molar-refractivity contribution in [2.45, 2.75) is 13.0 Å². The van der Waals surface area contributed by atoms with Gasteiger partial charge in [-0.25, -0.2) is 9.97 Å². The van der Waals surface area contributed by atoms with Crippen molar-refractivity contribution in [2.75, 3.05) is 34.0 Å². The van der Waals surface area contributed by atoms with Gasteiger partial charge in [0.15, 0.2) is 17.3 Å². The van der Waals surface area contributed by atoms with Gasteiger partial charge < -0.3 is 20.1 Å². The minimum Gasteiger partial charge on any atom is -0.493 e. The Morgan fingerprint density at radius 2 is 1.69 bits per heavy atom. The van der Waals surface area contributed by atoms with E-state index in [0.29, 0.717) is 23.1 Å². The van der Waals surface area contributed by atoms with E-state index in [9.17, 15) is 0 Å². The SMILES string of the molecule is COc1cc2nc(-c3cccc([C@H](C)N(C)C)c3)nc(N)c2cc1OC. The summed E-state index contributed by atoms with van der Waals surface area (Å²) in [6, 6.07) is 12.1. The highest BCUT2D eigenvalue weighted by Crippen LogP contribution is 2.34. The molecule has 0 saturated carbocycles. The quantitative estimate of drug-likeness (QED) is 0.757. The van der Waals surface area contributed by atoms with Crippen LogP contribution in [0.1, 0.15) is 18.5 Å². The van der Waals surface area contributed by atoms with Gasteiger partial charge in [-0.2, -0.15) is 0 Å². The number of benzene rings is 2. The van der Waals surface area contributed by atoms with Crippen LogP contribution in [-0.2, 0) is 0 Å². The average molecular weight is 352 g/mol. The molecule has 0 unspecified atom stereocenters. The average Bonchev–Trinajstić information content (AvgIpc) is 2.66. The van der Waals surface area contributed by atoms with Gasteiger partial charge in [-0.15, -0.1) is 0 Å². The molecule has 0 saturated heterocycles. The third-order valence-corrected chi connectivity index (χ3v) is 4.63. The minimum atomic E-state index is 0.289. The van der Waals surface area contributed by atoms with E-state index in [2.05, 4.69) is 43.0 Å². The monoisotopic (exact) mass is 352 g/mol. The zero-order valence-corrected chi connectivity index (χ0v) is 15.8. The number of methoxy groups -OCH3 is 2. The third kappa shape index (κ3) is 3.28. The number of aromatic nitrogens is 2. The Morgan fingerprint density at radius 1 is 1.00 bits per heavy atom. The summed E-state index contributed by atoms with van der Waals surface area (Å²) >= 11 is 0. The zero-order chi connectivity index (χ0) is 18.8. The van der Waals surface area contributed by atoms with E-state index in [1.807, 2.05) is 18.2 Å². The van der Waals surface area contributed by atoms with E-state index in [1.54, 1.807) is 20.3 Å². The fourth-order valence-electron chi connectivity index (χ4n) is 2.84. The Balaban J connectivity index is 2.13. The molecule has 6 heteroatoms. The molecule has 1 aromatic heterocycles. The fraction of sp³-hybridized carbons (Fsp3) is 0.300.